The molecule has 1 amide bonds. The molecule has 1 saturated heterocycles. The summed E-state index contributed by atoms with van der Waals surface area (Å²) in [6.45, 7) is 0.923. The number of piperidine rings is 1. The van der Waals surface area contributed by atoms with Crippen molar-refractivity contribution in [3.8, 4) is 17.3 Å². The first-order valence-corrected chi connectivity index (χ1v) is 10.3. The van der Waals surface area contributed by atoms with E-state index in [2.05, 4.69) is 10.1 Å². The fourth-order valence-corrected chi connectivity index (χ4v) is 3.88. The van der Waals surface area contributed by atoms with Crippen LogP contribution in [0.4, 0.5) is 5.82 Å². The van der Waals surface area contributed by atoms with Crippen LogP contribution >= 0.6 is 0 Å². The van der Waals surface area contributed by atoms with Gasteiger partial charge in [0.05, 0.1) is 37.2 Å². The topological polar surface area (TPSA) is 113 Å². The highest BCUT2D eigenvalue weighted by Crippen LogP contribution is 2.26. The number of aromatic nitrogens is 3. The lowest BCUT2D eigenvalue weighted by atomic mass is 9.90. The van der Waals surface area contributed by atoms with E-state index in [1.165, 1.54) is 24.2 Å². The van der Waals surface area contributed by atoms with E-state index in [1.54, 1.807) is 36.3 Å². The zero-order valence-electron chi connectivity index (χ0n) is 18.0. The van der Waals surface area contributed by atoms with Gasteiger partial charge in [-0.3, -0.25) is 9.59 Å². The van der Waals surface area contributed by atoms with E-state index in [1.807, 2.05) is 12.1 Å². The van der Waals surface area contributed by atoms with Crippen LogP contribution in [0.3, 0.4) is 0 Å². The van der Waals surface area contributed by atoms with Crippen molar-refractivity contribution in [2.24, 2.45) is 5.92 Å². The molecule has 0 aliphatic carbocycles. The fraction of sp³-hybridized carbons (Fsp3) is 0.304. The van der Waals surface area contributed by atoms with E-state index in [9.17, 15) is 9.59 Å². The van der Waals surface area contributed by atoms with Gasteiger partial charge in [-0.05, 0) is 43.2 Å². The van der Waals surface area contributed by atoms with Crippen molar-refractivity contribution in [3.05, 3.63) is 59.9 Å². The Labute approximate surface area is 185 Å². The minimum atomic E-state index is -0.338. The molecule has 1 aromatic carbocycles. The lowest BCUT2D eigenvalue weighted by Crippen LogP contribution is -2.42. The quantitative estimate of drug-likeness (QED) is 0.592. The smallest absolute Gasteiger partial charge is 0.255 e. The first-order valence-electron chi connectivity index (χ1n) is 10.3. The first kappa shape index (κ1) is 21.4. The van der Waals surface area contributed by atoms with Crippen molar-refractivity contribution in [2.45, 2.75) is 12.8 Å². The van der Waals surface area contributed by atoms with Gasteiger partial charge in [0.25, 0.3) is 5.91 Å². The van der Waals surface area contributed by atoms with Crippen molar-refractivity contribution in [1.29, 1.82) is 0 Å². The second-order valence-electron chi connectivity index (χ2n) is 7.60. The van der Waals surface area contributed by atoms with Gasteiger partial charge in [0.2, 0.25) is 5.88 Å². The highest BCUT2D eigenvalue weighted by Gasteiger charge is 2.31. The summed E-state index contributed by atoms with van der Waals surface area (Å²) in [4.78, 5) is 31.9. The van der Waals surface area contributed by atoms with Gasteiger partial charge >= 0.3 is 0 Å². The third kappa shape index (κ3) is 4.14. The SMILES string of the molecule is COc1ccc(-n2ncc(C(=O)[C@@H]3CCCN(C(=O)c4ccc(OC)nc4)C3)c2N)cc1. The highest BCUT2D eigenvalue weighted by atomic mass is 16.5. The van der Waals surface area contributed by atoms with Crippen molar-refractivity contribution < 1.29 is 19.1 Å². The van der Waals surface area contributed by atoms with E-state index in [4.69, 9.17) is 15.2 Å². The minimum Gasteiger partial charge on any atom is -0.497 e. The average Bonchev–Trinajstić information content (AvgIpc) is 3.24. The third-order valence-electron chi connectivity index (χ3n) is 5.66. The number of ether oxygens (including phenoxy) is 2. The van der Waals surface area contributed by atoms with Gasteiger partial charge in [-0.15, -0.1) is 0 Å². The molecule has 0 bridgehead atoms. The summed E-state index contributed by atoms with van der Waals surface area (Å²) in [6.07, 6.45) is 4.41. The number of ketones is 1. The molecule has 3 heterocycles. The number of methoxy groups -OCH3 is 2. The number of amides is 1. The van der Waals surface area contributed by atoms with Crippen molar-refractivity contribution in [3.63, 3.8) is 0 Å². The second-order valence-corrected chi connectivity index (χ2v) is 7.60. The lowest BCUT2D eigenvalue weighted by Gasteiger charge is -2.32. The van der Waals surface area contributed by atoms with Crippen LogP contribution in [0.25, 0.3) is 5.69 Å². The molecular weight excluding hydrogens is 410 g/mol. The van der Waals surface area contributed by atoms with Crippen molar-refractivity contribution >= 4 is 17.5 Å². The summed E-state index contributed by atoms with van der Waals surface area (Å²) >= 11 is 0. The molecular formula is C23H25N5O4. The molecule has 1 atom stereocenters. The summed E-state index contributed by atoms with van der Waals surface area (Å²) in [5.41, 5.74) is 7.84. The molecule has 166 valence electrons. The highest BCUT2D eigenvalue weighted by molar-refractivity contribution is 6.02. The molecule has 1 aliphatic rings. The zero-order chi connectivity index (χ0) is 22.7. The second kappa shape index (κ2) is 9.09. The maximum absolute atomic E-state index is 13.2. The average molecular weight is 435 g/mol. The van der Waals surface area contributed by atoms with Gasteiger partial charge in [-0.1, -0.05) is 0 Å². The number of hydrogen-bond donors (Lipinski definition) is 1. The predicted octanol–water partition coefficient (Wildman–Crippen LogP) is 2.60. The molecule has 0 saturated carbocycles. The van der Waals surface area contributed by atoms with Gasteiger partial charge in [0, 0.05) is 31.3 Å². The molecule has 1 fully saturated rings. The van der Waals surface area contributed by atoms with Crippen molar-refractivity contribution in [1.82, 2.24) is 19.7 Å². The van der Waals surface area contributed by atoms with Gasteiger partial charge in [0.15, 0.2) is 5.78 Å². The fourth-order valence-electron chi connectivity index (χ4n) is 3.88. The number of likely N-dealkylation sites (tertiary alicyclic amines) is 1. The number of pyridine rings is 1. The Balaban J connectivity index is 1.49. The monoisotopic (exact) mass is 435 g/mol. The van der Waals surface area contributed by atoms with Crippen LogP contribution in [0.2, 0.25) is 0 Å². The summed E-state index contributed by atoms with van der Waals surface area (Å²) in [5.74, 6) is 0.845. The number of anilines is 1. The van der Waals surface area contributed by atoms with Gasteiger partial charge < -0.3 is 20.1 Å². The number of benzene rings is 1. The van der Waals surface area contributed by atoms with Crippen LogP contribution in [0.5, 0.6) is 11.6 Å². The van der Waals surface area contributed by atoms with Crippen molar-refractivity contribution in [2.75, 3.05) is 33.0 Å². The molecule has 2 aromatic heterocycles. The Kier molecular flexibility index (Phi) is 6.07. The van der Waals surface area contributed by atoms with Crippen LogP contribution in [-0.2, 0) is 0 Å². The Bertz CT molecular complexity index is 1110. The molecule has 9 nitrogen and oxygen atoms in total. The summed E-state index contributed by atoms with van der Waals surface area (Å²) in [7, 11) is 3.12. The Morgan fingerprint density at radius 2 is 1.84 bits per heavy atom. The molecule has 9 heteroatoms. The maximum atomic E-state index is 13.2. The van der Waals surface area contributed by atoms with E-state index >= 15 is 0 Å². The standard InChI is InChI=1S/C23H25N5O4/c1-31-18-8-6-17(7-9-18)28-22(24)19(13-26-28)21(29)16-4-3-11-27(14-16)23(30)15-5-10-20(32-2)25-12-15/h5-10,12-13,16H,3-4,11,14,24H2,1-2H3/t16-/m1/s1. The van der Waals surface area contributed by atoms with Crippen LogP contribution in [-0.4, -0.2) is 58.7 Å². The molecule has 32 heavy (non-hydrogen) atoms. The number of hydrogen-bond acceptors (Lipinski definition) is 7. The van der Waals surface area contributed by atoms with Crippen LogP contribution in [0.15, 0.2) is 48.8 Å². The molecule has 0 spiro atoms. The van der Waals surface area contributed by atoms with Gasteiger partial charge in [-0.2, -0.15) is 5.10 Å². The molecule has 0 unspecified atom stereocenters. The third-order valence-corrected chi connectivity index (χ3v) is 5.66. The predicted molar refractivity (Wildman–Crippen MR) is 118 cm³/mol. The summed E-state index contributed by atoms with van der Waals surface area (Å²) < 4.78 is 11.7. The number of carbonyl (C=O) groups is 2. The van der Waals surface area contributed by atoms with E-state index in [0.717, 1.165) is 17.9 Å². The largest absolute Gasteiger partial charge is 0.497 e. The lowest BCUT2D eigenvalue weighted by molar-refractivity contribution is 0.0637. The normalized spacial score (nSPS) is 15.9. The Morgan fingerprint density at radius 3 is 2.50 bits per heavy atom. The zero-order valence-corrected chi connectivity index (χ0v) is 18.0. The van der Waals surface area contributed by atoms with Gasteiger partial charge in [-0.25, -0.2) is 9.67 Å². The maximum Gasteiger partial charge on any atom is 0.255 e. The number of Topliss-reactive ketones (excluding diaryl/α,β-unsaturated/α-hetero) is 1. The Morgan fingerprint density at radius 1 is 1.06 bits per heavy atom. The molecule has 1 aliphatic heterocycles. The van der Waals surface area contributed by atoms with Crippen LogP contribution < -0.4 is 15.2 Å². The van der Waals surface area contributed by atoms with Crippen LogP contribution in [0, 0.1) is 5.92 Å². The van der Waals surface area contributed by atoms with E-state index in [-0.39, 0.29) is 23.4 Å². The van der Waals surface area contributed by atoms with Crippen LogP contribution in [0.1, 0.15) is 33.6 Å². The number of carbonyl (C=O) groups excluding carboxylic acids is 2. The molecule has 3 aromatic rings. The van der Waals surface area contributed by atoms with E-state index in [0.29, 0.717) is 36.5 Å². The summed E-state index contributed by atoms with van der Waals surface area (Å²) in [6, 6.07) is 10.6. The molecule has 4 rings (SSSR count). The molecule has 0 radical (unpaired) electrons. The Hall–Kier alpha value is -3.88. The minimum absolute atomic E-state index is 0.104. The number of nitrogens with zero attached hydrogens (tertiary/aromatic N) is 4. The van der Waals surface area contributed by atoms with E-state index < -0.39 is 0 Å². The number of rotatable bonds is 6. The van der Waals surface area contributed by atoms with Gasteiger partial charge in [0.1, 0.15) is 11.6 Å². The number of nitrogens with two attached hydrogens (primary N) is 1. The first-order chi connectivity index (χ1) is 15.5. The summed E-state index contributed by atoms with van der Waals surface area (Å²) in [5, 5.41) is 4.30. The molecule has 2 N–H and O–H groups in total. The number of nitrogen functional groups attached to an aromatic ring is 1.